The topological polar surface area (TPSA) is 26.3 Å². The van der Waals surface area contributed by atoms with Crippen molar-refractivity contribution in [2.24, 2.45) is 0 Å². The van der Waals surface area contributed by atoms with Gasteiger partial charge in [0.15, 0.2) is 0 Å². The zero-order valence-corrected chi connectivity index (χ0v) is 15.9. The second-order valence-electron chi connectivity index (χ2n) is 7.37. The van der Waals surface area contributed by atoms with Crippen LogP contribution in [0.25, 0.3) is 0 Å². The molecule has 0 bridgehead atoms. The molecule has 0 saturated carbocycles. The van der Waals surface area contributed by atoms with E-state index in [9.17, 15) is 4.79 Å². The van der Waals surface area contributed by atoms with Crippen LogP contribution in [0, 0.1) is 0 Å². The molecule has 0 atom stereocenters. The molecule has 1 aliphatic rings. The fraction of sp³-hybridized carbons (Fsp3) is 0.864. The number of esters is 1. The van der Waals surface area contributed by atoms with E-state index in [4.69, 9.17) is 4.74 Å². The van der Waals surface area contributed by atoms with Gasteiger partial charge in [-0.1, -0.05) is 102 Å². The summed E-state index contributed by atoms with van der Waals surface area (Å²) in [5.74, 6) is -0.159. The third-order valence-electron chi connectivity index (χ3n) is 5.01. The molecule has 1 aliphatic heterocycles. The Morgan fingerprint density at radius 1 is 0.542 bits per heavy atom. The van der Waals surface area contributed by atoms with E-state index in [2.05, 4.69) is 0 Å². The summed E-state index contributed by atoms with van der Waals surface area (Å²) in [6.07, 6.45) is 27.4. The lowest BCUT2D eigenvalue weighted by Gasteiger charge is -2.04. The molecule has 2 nitrogen and oxygen atoms in total. The number of hydrogen-bond acceptors (Lipinski definition) is 2. The van der Waals surface area contributed by atoms with Crippen LogP contribution in [0.5, 0.6) is 0 Å². The Bertz CT molecular complexity index is 309. The lowest BCUT2D eigenvalue weighted by atomic mass is 10.0. The van der Waals surface area contributed by atoms with E-state index in [0.29, 0.717) is 6.61 Å². The van der Waals surface area contributed by atoms with Crippen LogP contribution >= 0.6 is 0 Å². The largest absolute Gasteiger partial charge is 0.463 e. The van der Waals surface area contributed by atoms with Gasteiger partial charge in [-0.2, -0.15) is 0 Å². The van der Waals surface area contributed by atoms with Crippen LogP contribution < -0.4 is 0 Å². The van der Waals surface area contributed by atoms with Crippen LogP contribution in [-0.2, 0) is 9.53 Å². The Hall–Kier alpha value is -0.790. The second kappa shape index (κ2) is 17.0. The number of carbonyl (C=O) groups excluding carboxylic acids is 1. The number of rotatable bonds is 0. The smallest absolute Gasteiger partial charge is 0.330 e. The molecule has 0 aromatic heterocycles. The fourth-order valence-corrected chi connectivity index (χ4v) is 3.42. The summed E-state index contributed by atoms with van der Waals surface area (Å²) in [6.45, 7) is 0.586. The summed E-state index contributed by atoms with van der Waals surface area (Å²) in [5.41, 5.74) is 0. The number of carbonyl (C=O) groups is 1. The maximum absolute atomic E-state index is 11.6. The molecule has 0 aromatic carbocycles. The first kappa shape index (κ1) is 21.3. The summed E-state index contributed by atoms with van der Waals surface area (Å²) < 4.78 is 5.24. The average molecular weight is 337 g/mol. The number of hydrogen-bond donors (Lipinski definition) is 0. The Balaban J connectivity index is 2.14. The van der Waals surface area contributed by atoms with Gasteiger partial charge in [-0.3, -0.25) is 0 Å². The molecule has 0 amide bonds. The maximum atomic E-state index is 11.6. The third-order valence-corrected chi connectivity index (χ3v) is 5.01. The van der Waals surface area contributed by atoms with Crippen molar-refractivity contribution in [3.63, 3.8) is 0 Å². The SMILES string of the molecule is O=C1C=CCCCCCCCCCCCCCCCCCCCO1. The number of cyclic esters (lactones) is 1. The summed E-state index contributed by atoms with van der Waals surface area (Å²) in [4.78, 5) is 11.6. The van der Waals surface area contributed by atoms with Crippen molar-refractivity contribution in [3.8, 4) is 0 Å². The highest BCUT2D eigenvalue weighted by Gasteiger charge is 1.98. The molecule has 0 spiro atoms. The van der Waals surface area contributed by atoms with E-state index in [0.717, 1.165) is 12.8 Å². The van der Waals surface area contributed by atoms with E-state index in [1.807, 2.05) is 6.08 Å². The predicted octanol–water partition coefficient (Wildman–Crippen LogP) is 7.12. The van der Waals surface area contributed by atoms with Gasteiger partial charge < -0.3 is 4.74 Å². The highest BCUT2D eigenvalue weighted by Crippen LogP contribution is 2.14. The van der Waals surface area contributed by atoms with Gasteiger partial charge in [0.1, 0.15) is 0 Å². The van der Waals surface area contributed by atoms with Crippen LogP contribution in [0.4, 0.5) is 0 Å². The van der Waals surface area contributed by atoms with Crippen LogP contribution in [0.2, 0.25) is 0 Å². The minimum Gasteiger partial charge on any atom is -0.463 e. The van der Waals surface area contributed by atoms with E-state index in [1.165, 1.54) is 103 Å². The third kappa shape index (κ3) is 14.8. The summed E-state index contributed by atoms with van der Waals surface area (Å²) in [5, 5.41) is 0. The molecule has 1 rings (SSSR count). The monoisotopic (exact) mass is 336 g/mol. The second-order valence-corrected chi connectivity index (χ2v) is 7.37. The Labute approximate surface area is 150 Å². The summed E-state index contributed by atoms with van der Waals surface area (Å²) in [6, 6.07) is 0. The molecular weight excluding hydrogens is 296 g/mol. The van der Waals surface area contributed by atoms with Crippen molar-refractivity contribution in [1.82, 2.24) is 0 Å². The average Bonchev–Trinajstić information content (AvgIpc) is 2.58. The quantitative estimate of drug-likeness (QED) is 0.440. The van der Waals surface area contributed by atoms with Gasteiger partial charge in [0.25, 0.3) is 0 Å². The highest BCUT2D eigenvalue weighted by atomic mass is 16.5. The van der Waals surface area contributed by atoms with Crippen LogP contribution in [0.3, 0.4) is 0 Å². The van der Waals surface area contributed by atoms with Gasteiger partial charge in [-0.05, 0) is 19.3 Å². The minimum atomic E-state index is -0.159. The minimum absolute atomic E-state index is 0.159. The fourth-order valence-electron chi connectivity index (χ4n) is 3.42. The van der Waals surface area contributed by atoms with Gasteiger partial charge >= 0.3 is 5.97 Å². The zero-order valence-electron chi connectivity index (χ0n) is 15.9. The Morgan fingerprint density at radius 3 is 1.38 bits per heavy atom. The van der Waals surface area contributed by atoms with Crippen LogP contribution in [0.15, 0.2) is 12.2 Å². The molecule has 0 saturated heterocycles. The van der Waals surface area contributed by atoms with E-state index in [-0.39, 0.29) is 5.97 Å². The molecule has 0 unspecified atom stereocenters. The van der Waals surface area contributed by atoms with E-state index >= 15 is 0 Å². The van der Waals surface area contributed by atoms with Gasteiger partial charge in [0.05, 0.1) is 6.61 Å². The normalized spacial score (nSPS) is 22.6. The highest BCUT2D eigenvalue weighted by molar-refractivity contribution is 5.81. The van der Waals surface area contributed by atoms with Gasteiger partial charge in [0, 0.05) is 6.08 Å². The lowest BCUT2D eigenvalue weighted by molar-refractivity contribution is -0.137. The molecule has 140 valence electrons. The van der Waals surface area contributed by atoms with Crippen molar-refractivity contribution in [2.45, 2.75) is 116 Å². The van der Waals surface area contributed by atoms with E-state index in [1.54, 1.807) is 6.08 Å². The molecule has 24 heavy (non-hydrogen) atoms. The van der Waals surface area contributed by atoms with Gasteiger partial charge in [-0.15, -0.1) is 0 Å². The Morgan fingerprint density at radius 2 is 0.917 bits per heavy atom. The van der Waals surface area contributed by atoms with Crippen molar-refractivity contribution >= 4 is 5.97 Å². The lowest BCUT2D eigenvalue weighted by Crippen LogP contribution is -2.02. The molecule has 2 heteroatoms. The van der Waals surface area contributed by atoms with E-state index < -0.39 is 0 Å². The maximum Gasteiger partial charge on any atom is 0.330 e. The van der Waals surface area contributed by atoms with Crippen LogP contribution in [0.1, 0.15) is 116 Å². The molecular formula is C22H40O2. The molecule has 0 aromatic rings. The van der Waals surface area contributed by atoms with Crippen molar-refractivity contribution in [3.05, 3.63) is 12.2 Å². The number of allylic oxidation sites excluding steroid dienone is 1. The van der Waals surface area contributed by atoms with Gasteiger partial charge in [0.2, 0.25) is 0 Å². The standard InChI is InChI=1S/C22H40O2/c23-22-20-18-16-14-12-10-8-6-4-2-1-3-5-7-9-11-13-15-17-19-21-24-22/h18,20H,1-17,19,21H2. The first-order chi connectivity index (χ1) is 11.9. The van der Waals surface area contributed by atoms with Crippen molar-refractivity contribution in [2.75, 3.05) is 6.61 Å². The molecule has 0 aliphatic carbocycles. The predicted molar refractivity (Wildman–Crippen MR) is 103 cm³/mol. The van der Waals surface area contributed by atoms with Crippen molar-refractivity contribution < 1.29 is 9.53 Å². The summed E-state index contributed by atoms with van der Waals surface area (Å²) >= 11 is 0. The van der Waals surface area contributed by atoms with Crippen LogP contribution in [-0.4, -0.2) is 12.6 Å². The summed E-state index contributed by atoms with van der Waals surface area (Å²) in [7, 11) is 0. The zero-order chi connectivity index (χ0) is 17.1. The molecule has 0 radical (unpaired) electrons. The van der Waals surface area contributed by atoms with Crippen molar-refractivity contribution in [1.29, 1.82) is 0 Å². The first-order valence-corrected chi connectivity index (χ1v) is 10.7. The molecule has 1 heterocycles. The Kier molecular flexibility index (Phi) is 15.1. The first-order valence-electron chi connectivity index (χ1n) is 10.7. The molecule has 0 fully saturated rings. The number of ether oxygens (including phenoxy) is 1. The molecule has 0 N–H and O–H groups in total. The van der Waals surface area contributed by atoms with Gasteiger partial charge in [-0.25, -0.2) is 4.79 Å².